The Morgan fingerprint density at radius 2 is 1.70 bits per heavy atom. The Hall–Kier alpha value is -1.73. The average molecular weight is 284 g/mol. The third-order valence-corrected chi connectivity index (χ3v) is 4.05. The molecule has 3 aromatic rings. The molecule has 102 valence electrons. The van der Waals surface area contributed by atoms with Crippen LogP contribution in [0, 0.1) is 0 Å². The minimum absolute atomic E-state index is 0.838. The van der Waals surface area contributed by atoms with E-state index >= 15 is 0 Å². The third-order valence-electron chi connectivity index (χ3n) is 3.72. The van der Waals surface area contributed by atoms with E-state index in [2.05, 4.69) is 53.2 Å². The summed E-state index contributed by atoms with van der Waals surface area (Å²) in [5.41, 5.74) is 2.66. The Morgan fingerprint density at radius 3 is 2.55 bits per heavy atom. The van der Waals surface area contributed by atoms with Gasteiger partial charge in [0.05, 0.1) is 0 Å². The van der Waals surface area contributed by atoms with Crippen LogP contribution in [0.3, 0.4) is 0 Å². The van der Waals surface area contributed by atoms with Gasteiger partial charge in [-0.3, -0.25) is 0 Å². The van der Waals surface area contributed by atoms with Gasteiger partial charge in [-0.05, 0) is 43.0 Å². The van der Waals surface area contributed by atoms with Crippen molar-refractivity contribution < 1.29 is 0 Å². The minimum atomic E-state index is 0.838. The lowest BCUT2D eigenvalue weighted by atomic mass is 10.1. The van der Waals surface area contributed by atoms with Crippen LogP contribution in [0.25, 0.3) is 10.9 Å². The second kappa shape index (κ2) is 6.15. The van der Waals surface area contributed by atoms with Gasteiger partial charge in [0.15, 0.2) is 0 Å². The second-order valence-corrected chi connectivity index (χ2v) is 5.53. The molecule has 0 N–H and O–H groups in total. The fourth-order valence-electron chi connectivity index (χ4n) is 2.64. The molecular weight excluding hydrogens is 266 g/mol. The molecule has 1 aromatic heterocycles. The van der Waals surface area contributed by atoms with Crippen LogP contribution in [0.2, 0.25) is 5.02 Å². The summed E-state index contributed by atoms with van der Waals surface area (Å²) in [6, 6.07) is 18.9. The quantitative estimate of drug-likeness (QED) is 0.559. The minimum Gasteiger partial charge on any atom is -0.347 e. The highest BCUT2D eigenvalue weighted by atomic mass is 35.5. The number of aromatic nitrogens is 1. The molecule has 0 bridgehead atoms. The molecule has 2 heteroatoms. The molecule has 0 fully saturated rings. The summed E-state index contributed by atoms with van der Waals surface area (Å²) in [7, 11) is 0. The van der Waals surface area contributed by atoms with Crippen LogP contribution in [0.15, 0.2) is 60.8 Å². The fourth-order valence-corrected chi connectivity index (χ4v) is 2.87. The van der Waals surface area contributed by atoms with E-state index < -0.39 is 0 Å². The van der Waals surface area contributed by atoms with E-state index in [9.17, 15) is 0 Å². The summed E-state index contributed by atoms with van der Waals surface area (Å²) in [5.74, 6) is 0. The van der Waals surface area contributed by atoms with Crippen LogP contribution in [0.4, 0.5) is 0 Å². The molecule has 20 heavy (non-hydrogen) atoms. The predicted molar refractivity (Wildman–Crippen MR) is 86.3 cm³/mol. The number of hydrogen-bond acceptors (Lipinski definition) is 0. The van der Waals surface area contributed by atoms with Gasteiger partial charge in [0.25, 0.3) is 0 Å². The largest absolute Gasteiger partial charge is 0.347 e. The van der Waals surface area contributed by atoms with E-state index in [0.717, 1.165) is 23.4 Å². The molecule has 0 radical (unpaired) electrons. The van der Waals surface area contributed by atoms with E-state index in [-0.39, 0.29) is 0 Å². The maximum absolute atomic E-state index is 6.20. The molecule has 1 nitrogen and oxygen atoms in total. The number of halogens is 1. The summed E-state index contributed by atoms with van der Waals surface area (Å²) in [5, 5.41) is 1.99. The van der Waals surface area contributed by atoms with Crippen LogP contribution < -0.4 is 0 Å². The van der Waals surface area contributed by atoms with Gasteiger partial charge in [-0.25, -0.2) is 0 Å². The lowest BCUT2D eigenvalue weighted by Crippen LogP contribution is -1.97. The van der Waals surface area contributed by atoms with Gasteiger partial charge in [0.1, 0.15) is 0 Å². The smallest absolute Gasteiger partial charge is 0.0499 e. The van der Waals surface area contributed by atoms with Crippen molar-refractivity contribution in [2.45, 2.75) is 25.8 Å². The average Bonchev–Trinajstić information content (AvgIpc) is 2.90. The summed E-state index contributed by atoms with van der Waals surface area (Å²) in [4.78, 5) is 0. The van der Waals surface area contributed by atoms with Crippen molar-refractivity contribution in [3.8, 4) is 0 Å². The summed E-state index contributed by atoms with van der Waals surface area (Å²) in [6.45, 7) is 1.05. The number of benzene rings is 2. The Morgan fingerprint density at radius 1 is 0.850 bits per heavy atom. The summed E-state index contributed by atoms with van der Waals surface area (Å²) < 4.78 is 2.30. The molecule has 2 aromatic carbocycles. The molecule has 0 aliphatic carbocycles. The molecule has 0 saturated heterocycles. The van der Waals surface area contributed by atoms with Crippen molar-refractivity contribution in [2.75, 3.05) is 0 Å². The Kier molecular flexibility index (Phi) is 4.08. The lowest BCUT2D eigenvalue weighted by Gasteiger charge is -2.06. The number of unbranched alkanes of at least 4 members (excludes halogenated alkanes) is 1. The maximum Gasteiger partial charge on any atom is 0.0499 e. The SMILES string of the molecule is Clc1cccc2c1ccn2CCCCc1ccccc1. The molecule has 0 aliphatic heterocycles. The molecule has 0 spiro atoms. The Labute approximate surface area is 124 Å². The molecule has 0 amide bonds. The first-order valence-electron chi connectivity index (χ1n) is 7.12. The second-order valence-electron chi connectivity index (χ2n) is 5.12. The Bertz CT molecular complexity index is 685. The zero-order chi connectivity index (χ0) is 13.8. The molecule has 0 atom stereocenters. The molecule has 0 unspecified atom stereocenters. The van der Waals surface area contributed by atoms with Gasteiger partial charge in [-0.2, -0.15) is 0 Å². The van der Waals surface area contributed by atoms with Crippen molar-refractivity contribution in [3.63, 3.8) is 0 Å². The van der Waals surface area contributed by atoms with Crippen LogP contribution in [-0.2, 0) is 13.0 Å². The maximum atomic E-state index is 6.20. The normalized spacial score (nSPS) is 11.1. The van der Waals surface area contributed by atoms with Gasteiger partial charge in [-0.15, -0.1) is 0 Å². The van der Waals surface area contributed by atoms with Crippen molar-refractivity contribution in [1.82, 2.24) is 4.57 Å². The highest BCUT2D eigenvalue weighted by Crippen LogP contribution is 2.24. The van der Waals surface area contributed by atoms with Gasteiger partial charge in [0.2, 0.25) is 0 Å². The highest BCUT2D eigenvalue weighted by molar-refractivity contribution is 6.35. The van der Waals surface area contributed by atoms with Gasteiger partial charge in [-0.1, -0.05) is 48.0 Å². The van der Waals surface area contributed by atoms with Crippen molar-refractivity contribution >= 4 is 22.5 Å². The van der Waals surface area contributed by atoms with E-state index in [1.165, 1.54) is 23.9 Å². The van der Waals surface area contributed by atoms with Gasteiger partial charge < -0.3 is 4.57 Å². The van der Waals surface area contributed by atoms with Crippen molar-refractivity contribution in [2.24, 2.45) is 0 Å². The van der Waals surface area contributed by atoms with Crippen molar-refractivity contribution in [3.05, 3.63) is 71.4 Å². The first kappa shape index (κ1) is 13.3. The standard InChI is InChI=1S/C18H18ClN/c19-17-10-6-11-18-16(17)12-14-20(18)13-5-4-9-15-7-2-1-3-8-15/h1-3,6-8,10-12,14H,4-5,9,13H2. The first-order chi connectivity index (χ1) is 9.84. The molecular formula is C18H18ClN. The van der Waals surface area contributed by atoms with E-state index in [1.54, 1.807) is 0 Å². The predicted octanol–water partition coefficient (Wildman–Crippen LogP) is 5.32. The zero-order valence-electron chi connectivity index (χ0n) is 11.4. The molecule has 3 rings (SSSR count). The monoisotopic (exact) mass is 283 g/mol. The van der Waals surface area contributed by atoms with Crippen molar-refractivity contribution in [1.29, 1.82) is 0 Å². The van der Waals surface area contributed by atoms with E-state index in [4.69, 9.17) is 11.6 Å². The van der Waals surface area contributed by atoms with Crippen LogP contribution in [-0.4, -0.2) is 4.57 Å². The number of hydrogen-bond donors (Lipinski definition) is 0. The number of aryl methyl sites for hydroxylation is 2. The van der Waals surface area contributed by atoms with E-state index in [0.29, 0.717) is 0 Å². The highest BCUT2D eigenvalue weighted by Gasteiger charge is 2.03. The topological polar surface area (TPSA) is 4.93 Å². The fraction of sp³-hybridized carbons (Fsp3) is 0.222. The lowest BCUT2D eigenvalue weighted by molar-refractivity contribution is 0.624. The third kappa shape index (κ3) is 2.88. The number of rotatable bonds is 5. The zero-order valence-corrected chi connectivity index (χ0v) is 12.2. The molecule has 0 saturated carbocycles. The van der Waals surface area contributed by atoms with Gasteiger partial charge >= 0.3 is 0 Å². The van der Waals surface area contributed by atoms with Crippen LogP contribution >= 0.6 is 11.6 Å². The molecule has 0 aliphatic rings. The van der Waals surface area contributed by atoms with E-state index in [1.807, 2.05) is 12.1 Å². The van der Waals surface area contributed by atoms with Crippen LogP contribution in [0.5, 0.6) is 0 Å². The number of fused-ring (bicyclic) bond motifs is 1. The Balaban J connectivity index is 1.59. The first-order valence-corrected chi connectivity index (χ1v) is 7.50. The van der Waals surface area contributed by atoms with Crippen LogP contribution in [0.1, 0.15) is 18.4 Å². The summed E-state index contributed by atoms with van der Waals surface area (Å²) in [6.07, 6.45) is 5.69. The number of nitrogens with zero attached hydrogens (tertiary/aromatic N) is 1. The molecule has 1 heterocycles. The summed E-state index contributed by atoms with van der Waals surface area (Å²) >= 11 is 6.20. The van der Waals surface area contributed by atoms with Gasteiger partial charge in [0, 0.05) is 28.7 Å².